The SMILES string of the molecule is Cc1cc(C#N)nc(NC2CCN(C)C2)n1. The van der Waals surface area contributed by atoms with E-state index < -0.39 is 0 Å². The molecule has 1 N–H and O–H groups in total. The van der Waals surface area contributed by atoms with Crippen LogP contribution in [0.1, 0.15) is 17.8 Å². The van der Waals surface area contributed by atoms with Gasteiger partial charge in [0.2, 0.25) is 5.95 Å². The second-order valence-electron chi connectivity index (χ2n) is 4.22. The number of aromatic nitrogens is 2. The van der Waals surface area contributed by atoms with E-state index in [2.05, 4.69) is 27.2 Å². The first kappa shape index (κ1) is 10.8. The number of likely N-dealkylation sites (N-methyl/N-ethyl adjacent to an activating group) is 1. The lowest BCUT2D eigenvalue weighted by Gasteiger charge is -2.12. The first-order valence-electron chi connectivity index (χ1n) is 5.38. The van der Waals surface area contributed by atoms with Gasteiger partial charge in [-0.3, -0.25) is 0 Å². The molecule has 1 fully saturated rings. The maximum atomic E-state index is 8.81. The molecule has 1 unspecified atom stereocenters. The molecule has 16 heavy (non-hydrogen) atoms. The van der Waals surface area contributed by atoms with Crippen LogP contribution in [0.25, 0.3) is 0 Å². The molecule has 2 rings (SSSR count). The Morgan fingerprint density at radius 1 is 1.56 bits per heavy atom. The summed E-state index contributed by atoms with van der Waals surface area (Å²) in [7, 11) is 2.10. The van der Waals surface area contributed by atoms with Gasteiger partial charge >= 0.3 is 0 Å². The molecule has 0 amide bonds. The van der Waals surface area contributed by atoms with Crippen molar-refractivity contribution < 1.29 is 0 Å². The molecule has 84 valence electrons. The fourth-order valence-corrected chi connectivity index (χ4v) is 1.93. The van der Waals surface area contributed by atoms with Gasteiger partial charge in [-0.2, -0.15) is 5.26 Å². The number of anilines is 1. The van der Waals surface area contributed by atoms with Crippen LogP contribution in [0, 0.1) is 18.3 Å². The Bertz CT molecular complexity index is 423. The van der Waals surface area contributed by atoms with Crippen LogP contribution in [-0.2, 0) is 0 Å². The summed E-state index contributed by atoms with van der Waals surface area (Å²) in [5.74, 6) is 0.567. The van der Waals surface area contributed by atoms with E-state index in [9.17, 15) is 0 Å². The van der Waals surface area contributed by atoms with Crippen LogP contribution in [0.15, 0.2) is 6.07 Å². The number of nitriles is 1. The second-order valence-corrected chi connectivity index (χ2v) is 4.22. The van der Waals surface area contributed by atoms with E-state index in [-0.39, 0.29) is 0 Å². The van der Waals surface area contributed by atoms with Gasteiger partial charge in [-0.25, -0.2) is 9.97 Å². The molecule has 0 aliphatic carbocycles. The maximum Gasteiger partial charge on any atom is 0.224 e. The maximum absolute atomic E-state index is 8.81. The number of aryl methyl sites for hydroxylation is 1. The highest BCUT2D eigenvalue weighted by atomic mass is 15.2. The van der Waals surface area contributed by atoms with E-state index in [1.165, 1.54) is 0 Å². The van der Waals surface area contributed by atoms with Crippen LogP contribution in [0.5, 0.6) is 0 Å². The fourth-order valence-electron chi connectivity index (χ4n) is 1.93. The Morgan fingerprint density at radius 3 is 3.00 bits per heavy atom. The Balaban J connectivity index is 2.10. The van der Waals surface area contributed by atoms with Gasteiger partial charge in [0.05, 0.1) is 0 Å². The molecule has 1 saturated heterocycles. The summed E-state index contributed by atoms with van der Waals surface area (Å²) < 4.78 is 0. The highest BCUT2D eigenvalue weighted by Crippen LogP contribution is 2.12. The van der Waals surface area contributed by atoms with Gasteiger partial charge in [0.15, 0.2) is 0 Å². The topological polar surface area (TPSA) is 64.8 Å². The summed E-state index contributed by atoms with van der Waals surface area (Å²) >= 11 is 0. The zero-order valence-electron chi connectivity index (χ0n) is 9.56. The van der Waals surface area contributed by atoms with E-state index >= 15 is 0 Å². The summed E-state index contributed by atoms with van der Waals surface area (Å²) in [5.41, 5.74) is 1.24. The normalized spacial score (nSPS) is 20.7. The monoisotopic (exact) mass is 217 g/mol. The summed E-state index contributed by atoms with van der Waals surface area (Å²) in [6.45, 7) is 3.96. The van der Waals surface area contributed by atoms with Gasteiger partial charge in [0, 0.05) is 18.3 Å². The molecule has 0 radical (unpaired) electrons. The van der Waals surface area contributed by atoms with Crippen molar-refractivity contribution in [2.24, 2.45) is 0 Å². The van der Waals surface area contributed by atoms with Crippen LogP contribution in [0.4, 0.5) is 5.95 Å². The molecule has 0 bridgehead atoms. The summed E-state index contributed by atoms with van der Waals surface area (Å²) in [6.07, 6.45) is 1.09. The summed E-state index contributed by atoms with van der Waals surface area (Å²) in [5, 5.41) is 12.1. The van der Waals surface area contributed by atoms with Gasteiger partial charge in [-0.05, 0) is 33.0 Å². The molecule has 0 saturated carbocycles. The van der Waals surface area contributed by atoms with E-state index in [0.717, 1.165) is 25.2 Å². The number of nitrogens with zero attached hydrogens (tertiary/aromatic N) is 4. The number of rotatable bonds is 2. The summed E-state index contributed by atoms with van der Waals surface area (Å²) in [6, 6.07) is 4.11. The van der Waals surface area contributed by atoms with Crippen LogP contribution in [0.2, 0.25) is 0 Å². The average molecular weight is 217 g/mol. The molecular formula is C11H15N5. The minimum Gasteiger partial charge on any atom is -0.350 e. The minimum atomic E-state index is 0.387. The van der Waals surface area contributed by atoms with Gasteiger partial charge < -0.3 is 10.2 Å². The van der Waals surface area contributed by atoms with Crippen LogP contribution >= 0.6 is 0 Å². The lowest BCUT2D eigenvalue weighted by molar-refractivity contribution is 0.414. The largest absolute Gasteiger partial charge is 0.350 e. The van der Waals surface area contributed by atoms with Crippen LogP contribution in [-0.4, -0.2) is 41.0 Å². The predicted octanol–water partition coefficient (Wildman–Crippen LogP) is 0.773. The van der Waals surface area contributed by atoms with Crippen molar-refractivity contribution in [1.82, 2.24) is 14.9 Å². The molecule has 1 aliphatic heterocycles. The van der Waals surface area contributed by atoms with Crippen molar-refractivity contribution in [3.63, 3.8) is 0 Å². The quantitative estimate of drug-likeness (QED) is 0.792. The van der Waals surface area contributed by atoms with Crippen LogP contribution in [0.3, 0.4) is 0 Å². The molecule has 1 aliphatic rings. The van der Waals surface area contributed by atoms with Crippen LogP contribution < -0.4 is 5.32 Å². The number of hydrogen-bond acceptors (Lipinski definition) is 5. The van der Waals surface area contributed by atoms with Crippen molar-refractivity contribution in [3.05, 3.63) is 17.5 Å². The third-order valence-corrected chi connectivity index (χ3v) is 2.69. The number of hydrogen-bond donors (Lipinski definition) is 1. The molecule has 1 atom stereocenters. The molecule has 0 aromatic carbocycles. The van der Waals surface area contributed by atoms with Crippen molar-refractivity contribution >= 4 is 5.95 Å². The highest BCUT2D eigenvalue weighted by molar-refractivity contribution is 5.34. The smallest absolute Gasteiger partial charge is 0.224 e. The van der Waals surface area contributed by atoms with Gasteiger partial charge in [0.25, 0.3) is 0 Å². The van der Waals surface area contributed by atoms with Gasteiger partial charge in [-0.15, -0.1) is 0 Å². The number of likely N-dealkylation sites (tertiary alicyclic amines) is 1. The predicted molar refractivity (Wildman–Crippen MR) is 61.0 cm³/mol. The van der Waals surface area contributed by atoms with E-state index in [0.29, 0.717) is 17.7 Å². The molecule has 1 aromatic heterocycles. The minimum absolute atomic E-state index is 0.387. The fraction of sp³-hybridized carbons (Fsp3) is 0.545. The first-order valence-corrected chi connectivity index (χ1v) is 5.38. The molecule has 5 nitrogen and oxygen atoms in total. The van der Waals surface area contributed by atoms with E-state index in [1.54, 1.807) is 6.07 Å². The Kier molecular flexibility index (Phi) is 3.02. The molecule has 2 heterocycles. The number of nitrogens with one attached hydrogen (secondary N) is 1. The van der Waals surface area contributed by atoms with E-state index in [1.807, 2.05) is 13.0 Å². The standard InChI is InChI=1S/C11H15N5/c1-8-5-10(6-12)15-11(13-8)14-9-3-4-16(2)7-9/h5,9H,3-4,7H2,1-2H3,(H,13,14,15). The van der Waals surface area contributed by atoms with Crippen molar-refractivity contribution in [1.29, 1.82) is 5.26 Å². The zero-order chi connectivity index (χ0) is 11.5. The molecule has 5 heteroatoms. The molecular weight excluding hydrogens is 202 g/mol. The Labute approximate surface area is 95.1 Å². The molecule has 0 spiro atoms. The van der Waals surface area contributed by atoms with Crippen molar-refractivity contribution in [3.8, 4) is 6.07 Å². The van der Waals surface area contributed by atoms with Crippen molar-refractivity contribution in [2.45, 2.75) is 19.4 Å². The second kappa shape index (κ2) is 4.45. The highest BCUT2D eigenvalue weighted by Gasteiger charge is 2.19. The Morgan fingerprint density at radius 2 is 2.38 bits per heavy atom. The van der Waals surface area contributed by atoms with E-state index in [4.69, 9.17) is 5.26 Å². The zero-order valence-corrected chi connectivity index (χ0v) is 9.56. The Hall–Kier alpha value is -1.67. The first-order chi connectivity index (χ1) is 7.67. The average Bonchev–Trinajstić information content (AvgIpc) is 2.63. The third kappa shape index (κ3) is 2.47. The van der Waals surface area contributed by atoms with Gasteiger partial charge in [-0.1, -0.05) is 0 Å². The lowest BCUT2D eigenvalue weighted by Crippen LogP contribution is -2.24. The van der Waals surface area contributed by atoms with Gasteiger partial charge in [0.1, 0.15) is 11.8 Å². The third-order valence-electron chi connectivity index (χ3n) is 2.69. The van der Waals surface area contributed by atoms with Crippen molar-refractivity contribution in [2.75, 3.05) is 25.5 Å². The lowest BCUT2D eigenvalue weighted by atomic mass is 10.3. The molecule has 1 aromatic rings. The summed E-state index contributed by atoms with van der Waals surface area (Å²) in [4.78, 5) is 10.7.